The molecule has 1 fully saturated rings. The van der Waals surface area contributed by atoms with Crippen molar-refractivity contribution in [3.63, 3.8) is 0 Å². The molecule has 0 radical (unpaired) electrons. The zero-order chi connectivity index (χ0) is 17.4. The SMILES string of the molecule is CN(C)c1cc(C(=O)N2CCC[C@H]2c2ncon2)c2ccccc2n1. The predicted molar refractivity (Wildman–Crippen MR) is 93.4 cm³/mol. The van der Waals surface area contributed by atoms with Gasteiger partial charge in [0.1, 0.15) is 5.82 Å². The highest BCUT2D eigenvalue weighted by Gasteiger charge is 2.34. The van der Waals surface area contributed by atoms with Crippen molar-refractivity contribution < 1.29 is 9.32 Å². The third kappa shape index (κ3) is 2.71. The number of likely N-dealkylation sites (tertiary alicyclic amines) is 1. The summed E-state index contributed by atoms with van der Waals surface area (Å²) in [5.74, 6) is 1.31. The van der Waals surface area contributed by atoms with Gasteiger partial charge in [-0.05, 0) is 25.0 Å². The van der Waals surface area contributed by atoms with E-state index < -0.39 is 0 Å². The van der Waals surface area contributed by atoms with Crippen LogP contribution >= 0.6 is 0 Å². The Hall–Kier alpha value is -2.96. The fourth-order valence-electron chi connectivity index (χ4n) is 3.33. The first-order valence-corrected chi connectivity index (χ1v) is 8.29. The molecule has 0 unspecified atom stereocenters. The average Bonchev–Trinajstić information content (AvgIpc) is 3.30. The van der Waals surface area contributed by atoms with Crippen LogP contribution in [0.2, 0.25) is 0 Å². The van der Waals surface area contributed by atoms with Crippen LogP contribution in [0, 0.1) is 0 Å². The lowest BCUT2D eigenvalue weighted by atomic mass is 10.1. The van der Waals surface area contributed by atoms with E-state index in [-0.39, 0.29) is 11.9 Å². The Balaban J connectivity index is 1.79. The van der Waals surface area contributed by atoms with E-state index in [1.165, 1.54) is 6.39 Å². The van der Waals surface area contributed by atoms with Crippen molar-refractivity contribution in [2.24, 2.45) is 0 Å². The van der Waals surface area contributed by atoms with E-state index in [9.17, 15) is 4.79 Å². The van der Waals surface area contributed by atoms with Crippen LogP contribution in [0.5, 0.6) is 0 Å². The molecule has 0 spiro atoms. The lowest BCUT2D eigenvalue weighted by molar-refractivity contribution is 0.0730. The highest BCUT2D eigenvalue weighted by Crippen LogP contribution is 2.33. The predicted octanol–water partition coefficient (Wildman–Crippen LogP) is 2.66. The maximum Gasteiger partial charge on any atom is 0.255 e. The van der Waals surface area contributed by atoms with Crippen LogP contribution in [0.1, 0.15) is 35.1 Å². The minimum atomic E-state index is -0.138. The van der Waals surface area contributed by atoms with Crippen molar-refractivity contribution in [2.45, 2.75) is 18.9 Å². The van der Waals surface area contributed by atoms with Gasteiger partial charge in [-0.25, -0.2) is 4.98 Å². The van der Waals surface area contributed by atoms with Gasteiger partial charge in [0.15, 0.2) is 5.82 Å². The first kappa shape index (κ1) is 15.6. The maximum absolute atomic E-state index is 13.3. The highest BCUT2D eigenvalue weighted by atomic mass is 16.5. The number of carbonyl (C=O) groups is 1. The summed E-state index contributed by atoms with van der Waals surface area (Å²) in [6.07, 6.45) is 3.08. The summed E-state index contributed by atoms with van der Waals surface area (Å²) in [4.78, 5) is 25.9. The molecule has 0 aliphatic carbocycles. The van der Waals surface area contributed by atoms with Gasteiger partial charge in [0, 0.05) is 26.0 Å². The Morgan fingerprint density at radius 1 is 1.32 bits per heavy atom. The number of anilines is 1. The van der Waals surface area contributed by atoms with Gasteiger partial charge in [-0.1, -0.05) is 23.4 Å². The second-order valence-corrected chi connectivity index (χ2v) is 6.39. The summed E-state index contributed by atoms with van der Waals surface area (Å²) in [7, 11) is 3.84. The Morgan fingerprint density at radius 3 is 2.92 bits per heavy atom. The number of carbonyl (C=O) groups excluding carboxylic acids is 1. The molecule has 2 aromatic heterocycles. The van der Waals surface area contributed by atoms with Crippen LogP contribution < -0.4 is 4.90 Å². The molecule has 128 valence electrons. The van der Waals surface area contributed by atoms with Gasteiger partial charge in [0.05, 0.1) is 17.1 Å². The molecular weight excluding hydrogens is 318 g/mol. The second kappa shape index (κ2) is 6.16. The third-order valence-corrected chi connectivity index (χ3v) is 4.58. The topological polar surface area (TPSA) is 75.4 Å². The van der Waals surface area contributed by atoms with E-state index in [1.807, 2.05) is 54.2 Å². The van der Waals surface area contributed by atoms with Gasteiger partial charge in [0.2, 0.25) is 6.39 Å². The molecule has 4 rings (SSSR count). The van der Waals surface area contributed by atoms with Crippen molar-refractivity contribution in [2.75, 3.05) is 25.5 Å². The van der Waals surface area contributed by atoms with Gasteiger partial charge in [-0.3, -0.25) is 4.79 Å². The molecule has 1 saturated heterocycles. The summed E-state index contributed by atoms with van der Waals surface area (Å²) in [6, 6.07) is 9.45. The van der Waals surface area contributed by atoms with Crippen LogP contribution in [-0.2, 0) is 0 Å². The van der Waals surface area contributed by atoms with Crippen LogP contribution in [0.25, 0.3) is 10.9 Å². The summed E-state index contributed by atoms with van der Waals surface area (Å²) in [5, 5.41) is 4.79. The minimum absolute atomic E-state index is 0.0194. The van der Waals surface area contributed by atoms with Crippen LogP contribution in [-0.4, -0.2) is 46.6 Å². The number of benzene rings is 1. The van der Waals surface area contributed by atoms with Crippen molar-refractivity contribution in [3.8, 4) is 0 Å². The number of rotatable bonds is 3. The molecule has 1 amide bonds. The van der Waals surface area contributed by atoms with Crippen molar-refractivity contribution in [3.05, 3.63) is 48.1 Å². The van der Waals surface area contributed by atoms with E-state index in [2.05, 4.69) is 15.1 Å². The molecule has 7 nitrogen and oxygen atoms in total. The number of para-hydroxylation sites is 1. The first-order chi connectivity index (χ1) is 12.1. The molecule has 1 aliphatic heterocycles. The van der Waals surface area contributed by atoms with Gasteiger partial charge < -0.3 is 14.3 Å². The van der Waals surface area contributed by atoms with Crippen LogP contribution in [0.15, 0.2) is 41.2 Å². The molecule has 3 aromatic rings. The smallest absolute Gasteiger partial charge is 0.255 e. The molecule has 0 saturated carbocycles. The fraction of sp³-hybridized carbons (Fsp3) is 0.333. The number of hydrogen-bond acceptors (Lipinski definition) is 6. The zero-order valence-electron chi connectivity index (χ0n) is 14.2. The first-order valence-electron chi connectivity index (χ1n) is 8.29. The summed E-state index contributed by atoms with van der Waals surface area (Å²) >= 11 is 0. The number of fused-ring (bicyclic) bond motifs is 1. The van der Waals surface area contributed by atoms with Gasteiger partial charge in [-0.2, -0.15) is 4.98 Å². The van der Waals surface area contributed by atoms with Crippen molar-refractivity contribution >= 4 is 22.6 Å². The zero-order valence-corrected chi connectivity index (χ0v) is 14.2. The quantitative estimate of drug-likeness (QED) is 0.731. The second-order valence-electron chi connectivity index (χ2n) is 6.39. The molecule has 25 heavy (non-hydrogen) atoms. The Kier molecular flexibility index (Phi) is 3.83. The van der Waals surface area contributed by atoms with Crippen molar-refractivity contribution in [1.82, 2.24) is 20.0 Å². The van der Waals surface area contributed by atoms with E-state index in [1.54, 1.807) is 0 Å². The maximum atomic E-state index is 13.3. The van der Waals surface area contributed by atoms with Gasteiger partial charge in [0.25, 0.3) is 5.91 Å². The summed E-state index contributed by atoms with van der Waals surface area (Å²) in [6.45, 7) is 0.686. The average molecular weight is 337 g/mol. The molecule has 7 heteroatoms. The lowest BCUT2D eigenvalue weighted by Crippen LogP contribution is -2.31. The number of nitrogens with zero attached hydrogens (tertiary/aromatic N) is 5. The van der Waals surface area contributed by atoms with Crippen LogP contribution in [0.3, 0.4) is 0 Å². The van der Waals surface area contributed by atoms with Gasteiger partial charge >= 0.3 is 0 Å². The molecule has 1 aliphatic rings. The highest BCUT2D eigenvalue weighted by molar-refractivity contribution is 6.07. The minimum Gasteiger partial charge on any atom is -0.363 e. The standard InChI is InChI=1S/C18H19N5O2/c1-22(2)16-10-13(12-6-3-4-7-14(12)20-16)18(24)23-9-5-8-15(23)17-19-11-25-21-17/h3-4,6-7,10-11,15H,5,8-9H2,1-2H3/t15-/m0/s1. The number of amides is 1. The van der Waals surface area contributed by atoms with E-state index >= 15 is 0 Å². The summed E-state index contributed by atoms with van der Waals surface area (Å²) in [5.41, 5.74) is 1.47. The molecule has 0 N–H and O–H groups in total. The number of aromatic nitrogens is 3. The molecule has 1 aromatic carbocycles. The summed E-state index contributed by atoms with van der Waals surface area (Å²) < 4.78 is 4.87. The third-order valence-electron chi connectivity index (χ3n) is 4.58. The van der Waals surface area contributed by atoms with Gasteiger partial charge in [-0.15, -0.1) is 0 Å². The Labute approximate surface area is 145 Å². The largest absolute Gasteiger partial charge is 0.363 e. The van der Waals surface area contributed by atoms with E-state index in [0.29, 0.717) is 17.9 Å². The molecule has 1 atom stereocenters. The Bertz CT molecular complexity index is 907. The molecule has 0 bridgehead atoms. The van der Waals surface area contributed by atoms with Crippen LogP contribution in [0.4, 0.5) is 5.82 Å². The molecular formula is C18H19N5O2. The van der Waals surface area contributed by atoms with E-state index in [0.717, 1.165) is 29.6 Å². The van der Waals surface area contributed by atoms with Crippen molar-refractivity contribution in [1.29, 1.82) is 0 Å². The number of hydrogen-bond donors (Lipinski definition) is 0. The lowest BCUT2D eigenvalue weighted by Gasteiger charge is -2.24. The number of pyridine rings is 1. The normalized spacial score (nSPS) is 17.2. The monoisotopic (exact) mass is 337 g/mol. The fourth-order valence-corrected chi connectivity index (χ4v) is 3.33. The molecule has 3 heterocycles. The van der Waals surface area contributed by atoms with E-state index in [4.69, 9.17) is 4.52 Å². The Morgan fingerprint density at radius 2 is 2.16 bits per heavy atom.